The predicted octanol–water partition coefficient (Wildman–Crippen LogP) is 1.28. The van der Waals surface area contributed by atoms with E-state index in [1.807, 2.05) is 6.07 Å². The first kappa shape index (κ1) is 21.7. The Labute approximate surface area is 165 Å². The second-order valence-electron chi connectivity index (χ2n) is 6.59. The van der Waals surface area contributed by atoms with Crippen LogP contribution < -0.4 is 10.6 Å². The van der Waals surface area contributed by atoms with Gasteiger partial charge < -0.3 is 25.0 Å². The van der Waals surface area contributed by atoms with Crippen molar-refractivity contribution in [2.45, 2.75) is 19.8 Å². The minimum Gasteiger partial charge on any atom is -0.466 e. The summed E-state index contributed by atoms with van der Waals surface area (Å²) in [6, 6.07) is 7.01. The molecule has 1 aliphatic heterocycles. The molecule has 1 fully saturated rings. The van der Waals surface area contributed by atoms with Crippen molar-refractivity contribution in [3.8, 4) is 0 Å². The minimum absolute atomic E-state index is 0.0303. The molecule has 0 bridgehead atoms. The topological polar surface area (TPSA) is 97.0 Å². The van der Waals surface area contributed by atoms with Gasteiger partial charge in [-0.25, -0.2) is 0 Å². The van der Waals surface area contributed by atoms with E-state index in [0.717, 1.165) is 0 Å². The summed E-state index contributed by atoms with van der Waals surface area (Å²) in [6.45, 7) is 4.29. The van der Waals surface area contributed by atoms with Crippen molar-refractivity contribution in [2.24, 2.45) is 5.92 Å². The molecule has 1 aromatic rings. The summed E-state index contributed by atoms with van der Waals surface area (Å²) in [5.74, 6) is -0.510. The molecule has 1 aromatic carbocycles. The van der Waals surface area contributed by atoms with Crippen LogP contribution in [0, 0.1) is 5.92 Å². The van der Waals surface area contributed by atoms with E-state index in [-0.39, 0.29) is 30.2 Å². The number of hydrogen-bond donors (Lipinski definition) is 2. The van der Waals surface area contributed by atoms with Crippen molar-refractivity contribution in [2.75, 3.05) is 51.8 Å². The SMILES string of the molecule is CCOC(=O)C1CCN(C(=O)CNc2cccc(C(=O)NCCOC)c2)CC1. The Balaban J connectivity index is 1.79. The smallest absolute Gasteiger partial charge is 0.309 e. The molecule has 0 saturated carbocycles. The van der Waals surface area contributed by atoms with Crippen LogP contribution in [-0.4, -0.2) is 69.2 Å². The van der Waals surface area contributed by atoms with Crippen LogP contribution >= 0.6 is 0 Å². The van der Waals surface area contributed by atoms with Crippen molar-refractivity contribution < 1.29 is 23.9 Å². The molecule has 0 radical (unpaired) electrons. The van der Waals surface area contributed by atoms with E-state index in [2.05, 4.69) is 10.6 Å². The van der Waals surface area contributed by atoms with E-state index in [1.165, 1.54) is 0 Å². The first-order valence-electron chi connectivity index (χ1n) is 9.60. The highest BCUT2D eigenvalue weighted by Gasteiger charge is 2.27. The molecule has 8 nitrogen and oxygen atoms in total. The summed E-state index contributed by atoms with van der Waals surface area (Å²) in [7, 11) is 1.58. The van der Waals surface area contributed by atoms with Gasteiger partial charge in [0, 0.05) is 38.0 Å². The Morgan fingerprint density at radius 2 is 1.96 bits per heavy atom. The quantitative estimate of drug-likeness (QED) is 0.486. The lowest BCUT2D eigenvalue weighted by Gasteiger charge is -2.31. The molecule has 1 heterocycles. The number of rotatable bonds is 9. The molecule has 0 spiro atoms. The fourth-order valence-electron chi connectivity index (χ4n) is 3.05. The summed E-state index contributed by atoms with van der Waals surface area (Å²) in [6.07, 6.45) is 1.25. The van der Waals surface area contributed by atoms with Gasteiger partial charge in [0.05, 0.1) is 25.7 Å². The Bertz CT molecular complexity index is 672. The van der Waals surface area contributed by atoms with Gasteiger partial charge in [0.1, 0.15) is 0 Å². The van der Waals surface area contributed by atoms with Gasteiger partial charge in [0.25, 0.3) is 5.91 Å². The molecule has 8 heteroatoms. The zero-order valence-corrected chi connectivity index (χ0v) is 16.5. The number of ether oxygens (including phenoxy) is 2. The predicted molar refractivity (Wildman–Crippen MR) is 105 cm³/mol. The van der Waals surface area contributed by atoms with E-state index in [0.29, 0.717) is 56.9 Å². The van der Waals surface area contributed by atoms with Gasteiger partial charge in [-0.3, -0.25) is 14.4 Å². The molecule has 28 heavy (non-hydrogen) atoms. The van der Waals surface area contributed by atoms with Crippen molar-refractivity contribution >= 4 is 23.5 Å². The molecule has 0 aliphatic carbocycles. The third-order valence-corrected chi connectivity index (χ3v) is 4.63. The summed E-state index contributed by atoms with van der Waals surface area (Å²) in [5, 5.41) is 5.83. The van der Waals surface area contributed by atoms with Crippen molar-refractivity contribution in [3.05, 3.63) is 29.8 Å². The zero-order valence-electron chi connectivity index (χ0n) is 16.5. The van der Waals surface area contributed by atoms with Crippen LogP contribution in [0.3, 0.4) is 0 Å². The normalized spacial score (nSPS) is 14.4. The number of carbonyl (C=O) groups is 3. The number of nitrogens with zero attached hydrogens (tertiary/aromatic N) is 1. The van der Waals surface area contributed by atoms with Crippen LogP contribution in [0.5, 0.6) is 0 Å². The molecule has 154 valence electrons. The molecule has 0 unspecified atom stereocenters. The highest BCUT2D eigenvalue weighted by Crippen LogP contribution is 2.19. The van der Waals surface area contributed by atoms with Crippen molar-refractivity contribution in [1.29, 1.82) is 0 Å². The number of esters is 1. The number of hydrogen-bond acceptors (Lipinski definition) is 6. The second kappa shape index (κ2) is 11.3. The monoisotopic (exact) mass is 391 g/mol. The number of nitrogens with one attached hydrogen (secondary N) is 2. The molecule has 2 N–H and O–H groups in total. The van der Waals surface area contributed by atoms with Gasteiger partial charge in [-0.15, -0.1) is 0 Å². The number of carbonyl (C=O) groups excluding carboxylic acids is 3. The second-order valence-corrected chi connectivity index (χ2v) is 6.59. The molecule has 1 saturated heterocycles. The molecule has 0 atom stereocenters. The zero-order chi connectivity index (χ0) is 20.4. The summed E-state index contributed by atoms with van der Waals surface area (Å²) in [4.78, 5) is 38.0. The lowest BCUT2D eigenvalue weighted by molar-refractivity contribution is -0.151. The van der Waals surface area contributed by atoms with Gasteiger partial charge in [0.2, 0.25) is 5.91 Å². The van der Waals surface area contributed by atoms with Gasteiger partial charge >= 0.3 is 5.97 Å². The Hall–Kier alpha value is -2.61. The number of amides is 2. The van der Waals surface area contributed by atoms with E-state index in [1.54, 1.807) is 37.1 Å². The Morgan fingerprint density at radius 1 is 1.21 bits per heavy atom. The maximum absolute atomic E-state index is 12.4. The van der Waals surface area contributed by atoms with Gasteiger partial charge in [-0.2, -0.15) is 0 Å². The summed E-state index contributed by atoms with van der Waals surface area (Å²) < 4.78 is 9.96. The Morgan fingerprint density at radius 3 is 2.64 bits per heavy atom. The number of piperidine rings is 1. The molecule has 2 amide bonds. The van der Waals surface area contributed by atoms with Crippen LogP contribution in [0.2, 0.25) is 0 Å². The summed E-state index contributed by atoms with van der Waals surface area (Å²) in [5.41, 5.74) is 1.22. The van der Waals surface area contributed by atoms with Crippen molar-refractivity contribution in [1.82, 2.24) is 10.2 Å². The van der Waals surface area contributed by atoms with Crippen molar-refractivity contribution in [3.63, 3.8) is 0 Å². The summed E-state index contributed by atoms with van der Waals surface area (Å²) >= 11 is 0. The fraction of sp³-hybridized carbons (Fsp3) is 0.550. The first-order valence-corrected chi connectivity index (χ1v) is 9.60. The average Bonchev–Trinajstić information content (AvgIpc) is 2.72. The van der Waals surface area contributed by atoms with Gasteiger partial charge in [-0.05, 0) is 38.0 Å². The average molecular weight is 391 g/mol. The number of anilines is 1. The highest BCUT2D eigenvalue weighted by atomic mass is 16.5. The van der Waals surface area contributed by atoms with Crippen LogP contribution in [0.15, 0.2) is 24.3 Å². The molecule has 2 rings (SSSR count). The highest BCUT2D eigenvalue weighted by molar-refractivity contribution is 5.95. The molecule has 1 aliphatic rings. The number of likely N-dealkylation sites (tertiary alicyclic amines) is 1. The minimum atomic E-state index is -0.187. The van der Waals surface area contributed by atoms with Crippen LogP contribution in [0.25, 0.3) is 0 Å². The largest absolute Gasteiger partial charge is 0.466 e. The van der Waals surface area contributed by atoms with Gasteiger partial charge in [0.15, 0.2) is 0 Å². The third kappa shape index (κ3) is 6.53. The van der Waals surface area contributed by atoms with Gasteiger partial charge in [-0.1, -0.05) is 6.07 Å². The fourth-order valence-corrected chi connectivity index (χ4v) is 3.05. The third-order valence-electron chi connectivity index (χ3n) is 4.63. The Kier molecular flexibility index (Phi) is 8.74. The number of benzene rings is 1. The maximum Gasteiger partial charge on any atom is 0.309 e. The first-order chi connectivity index (χ1) is 13.5. The molecular formula is C20H29N3O5. The van der Waals surface area contributed by atoms with Crippen LogP contribution in [0.1, 0.15) is 30.1 Å². The van der Waals surface area contributed by atoms with E-state index >= 15 is 0 Å². The van der Waals surface area contributed by atoms with E-state index < -0.39 is 0 Å². The maximum atomic E-state index is 12.4. The van der Waals surface area contributed by atoms with Crippen LogP contribution in [-0.2, 0) is 19.1 Å². The lowest BCUT2D eigenvalue weighted by atomic mass is 9.97. The molecule has 0 aromatic heterocycles. The standard InChI is InChI=1S/C20H29N3O5/c1-3-28-20(26)15-7-10-23(11-8-15)18(24)14-22-17-6-4-5-16(13-17)19(25)21-9-12-27-2/h4-6,13,15,22H,3,7-12,14H2,1-2H3,(H,21,25). The van der Waals surface area contributed by atoms with E-state index in [9.17, 15) is 14.4 Å². The van der Waals surface area contributed by atoms with E-state index in [4.69, 9.17) is 9.47 Å². The molecular weight excluding hydrogens is 362 g/mol. The lowest BCUT2D eigenvalue weighted by Crippen LogP contribution is -2.43. The number of methoxy groups -OCH3 is 1. The van der Waals surface area contributed by atoms with Crippen LogP contribution in [0.4, 0.5) is 5.69 Å².